The van der Waals surface area contributed by atoms with Crippen LogP contribution in [-0.2, 0) is 16.4 Å². The number of hydrogen-bond donors (Lipinski definition) is 1. The topological polar surface area (TPSA) is 58.6 Å². The SMILES string of the molecule is COc1cccc(CN2C(=S)N[C@H]3CS(=O)(=O)C[C@H]32)c1. The van der Waals surface area contributed by atoms with Crippen LogP contribution in [0.5, 0.6) is 5.75 Å². The molecule has 5 nitrogen and oxygen atoms in total. The summed E-state index contributed by atoms with van der Waals surface area (Å²) in [6.45, 7) is 0.597. The minimum atomic E-state index is -2.96. The molecule has 0 radical (unpaired) electrons. The summed E-state index contributed by atoms with van der Waals surface area (Å²) < 4.78 is 28.6. The van der Waals surface area contributed by atoms with Gasteiger partial charge in [-0.05, 0) is 29.9 Å². The van der Waals surface area contributed by atoms with Gasteiger partial charge in [0.2, 0.25) is 0 Å². The summed E-state index contributed by atoms with van der Waals surface area (Å²) in [7, 11) is -1.33. The number of hydrogen-bond acceptors (Lipinski definition) is 4. The van der Waals surface area contributed by atoms with Gasteiger partial charge >= 0.3 is 0 Å². The first-order chi connectivity index (χ1) is 9.48. The second-order valence-electron chi connectivity index (χ2n) is 5.18. The van der Waals surface area contributed by atoms with Gasteiger partial charge in [-0.25, -0.2) is 8.42 Å². The Hall–Kier alpha value is -1.34. The molecule has 1 aromatic carbocycles. The van der Waals surface area contributed by atoms with E-state index in [1.807, 2.05) is 29.2 Å². The molecule has 2 atom stereocenters. The van der Waals surface area contributed by atoms with Crippen molar-refractivity contribution in [1.29, 1.82) is 0 Å². The number of benzene rings is 1. The number of rotatable bonds is 3. The van der Waals surface area contributed by atoms with Crippen molar-refractivity contribution in [3.63, 3.8) is 0 Å². The number of nitrogens with one attached hydrogen (secondary N) is 1. The lowest BCUT2D eigenvalue weighted by Gasteiger charge is -2.23. The van der Waals surface area contributed by atoms with Crippen LogP contribution in [0, 0.1) is 0 Å². The lowest BCUT2D eigenvalue weighted by atomic mass is 10.1. The summed E-state index contributed by atoms with van der Waals surface area (Å²) in [6, 6.07) is 7.61. The van der Waals surface area contributed by atoms with Crippen molar-refractivity contribution in [1.82, 2.24) is 10.2 Å². The Labute approximate surface area is 123 Å². The summed E-state index contributed by atoms with van der Waals surface area (Å²) in [5.74, 6) is 1.14. The number of ether oxygens (including phenoxy) is 1. The molecule has 1 aromatic rings. The van der Waals surface area contributed by atoms with Crippen molar-refractivity contribution in [2.45, 2.75) is 18.6 Å². The van der Waals surface area contributed by atoms with E-state index in [-0.39, 0.29) is 23.6 Å². The predicted molar refractivity (Wildman–Crippen MR) is 80.5 cm³/mol. The third-order valence-electron chi connectivity index (χ3n) is 3.78. The first-order valence-electron chi connectivity index (χ1n) is 6.39. The van der Waals surface area contributed by atoms with Gasteiger partial charge in [0, 0.05) is 6.54 Å². The van der Waals surface area contributed by atoms with Crippen molar-refractivity contribution >= 4 is 27.2 Å². The van der Waals surface area contributed by atoms with Crippen LogP contribution in [0.1, 0.15) is 5.56 Å². The molecule has 0 amide bonds. The van der Waals surface area contributed by atoms with E-state index in [0.29, 0.717) is 11.7 Å². The average molecular weight is 312 g/mol. The molecule has 0 bridgehead atoms. The highest BCUT2D eigenvalue weighted by Crippen LogP contribution is 2.26. The molecule has 108 valence electrons. The molecule has 2 fully saturated rings. The van der Waals surface area contributed by atoms with E-state index in [0.717, 1.165) is 11.3 Å². The molecular weight excluding hydrogens is 296 g/mol. The van der Waals surface area contributed by atoms with E-state index in [9.17, 15) is 8.42 Å². The fraction of sp³-hybridized carbons (Fsp3) is 0.462. The van der Waals surface area contributed by atoms with Crippen LogP contribution in [0.2, 0.25) is 0 Å². The van der Waals surface area contributed by atoms with Crippen molar-refractivity contribution in [2.75, 3.05) is 18.6 Å². The summed E-state index contributed by atoms with van der Waals surface area (Å²) >= 11 is 5.32. The van der Waals surface area contributed by atoms with Crippen LogP contribution in [0.3, 0.4) is 0 Å². The number of nitrogens with zero attached hydrogens (tertiary/aromatic N) is 1. The second-order valence-corrected chi connectivity index (χ2v) is 7.72. The molecule has 0 spiro atoms. The third-order valence-corrected chi connectivity index (χ3v) is 5.85. The largest absolute Gasteiger partial charge is 0.497 e. The van der Waals surface area contributed by atoms with Crippen molar-refractivity contribution in [2.24, 2.45) is 0 Å². The van der Waals surface area contributed by atoms with Crippen LogP contribution < -0.4 is 10.1 Å². The Bertz CT molecular complexity index is 645. The maximum Gasteiger partial charge on any atom is 0.169 e. The standard InChI is InChI=1S/C13H16N2O3S2/c1-18-10-4-2-3-9(5-10)6-15-12-8-20(16,17)7-11(12)14-13(15)19/h2-5,11-12H,6-8H2,1H3,(H,14,19)/t11-,12+/m0/s1. The van der Waals surface area contributed by atoms with Gasteiger partial charge in [-0.15, -0.1) is 0 Å². The van der Waals surface area contributed by atoms with Gasteiger partial charge in [0.1, 0.15) is 5.75 Å². The lowest BCUT2D eigenvalue weighted by molar-refractivity contribution is 0.347. The molecule has 0 unspecified atom stereocenters. The zero-order valence-electron chi connectivity index (χ0n) is 11.1. The van der Waals surface area contributed by atoms with Crippen molar-refractivity contribution in [3.8, 4) is 5.75 Å². The van der Waals surface area contributed by atoms with E-state index < -0.39 is 9.84 Å². The maximum absolute atomic E-state index is 11.7. The number of thiocarbonyl (C=S) groups is 1. The van der Waals surface area contributed by atoms with Crippen LogP contribution in [0.25, 0.3) is 0 Å². The number of fused-ring (bicyclic) bond motifs is 1. The minimum absolute atomic E-state index is 0.0568. The molecule has 0 saturated carbocycles. The molecule has 0 aromatic heterocycles. The van der Waals surface area contributed by atoms with Gasteiger partial charge < -0.3 is 15.0 Å². The monoisotopic (exact) mass is 312 g/mol. The maximum atomic E-state index is 11.7. The van der Waals surface area contributed by atoms with E-state index >= 15 is 0 Å². The Morgan fingerprint density at radius 1 is 1.45 bits per heavy atom. The quantitative estimate of drug-likeness (QED) is 0.823. The molecule has 2 aliphatic heterocycles. The van der Waals surface area contributed by atoms with Crippen LogP contribution in [0.4, 0.5) is 0 Å². The fourth-order valence-corrected chi connectivity index (χ4v) is 5.10. The Kier molecular flexibility index (Phi) is 3.33. The highest BCUT2D eigenvalue weighted by Gasteiger charge is 2.46. The van der Waals surface area contributed by atoms with E-state index in [2.05, 4.69) is 5.32 Å². The van der Waals surface area contributed by atoms with Gasteiger partial charge in [-0.1, -0.05) is 12.1 Å². The molecular formula is C13H16N2O3S2. The fourth-order valence-electron chi connectivity index (χ4n) is 2.82. The predicted octanol–water partition coefficient (Wildman–Crippen LogP) is 0.551. The molecule has 20 heavy (non-hydrogen) atoms. The molecule has 2 saturated heterocycles. The Morgan fingerprint density at radius 2 is 2.25 bits per heavy atom. The molecule has 2 aliphatic rings. The van der Waals surface area contributed by atoms with Crippen molar-refractivity contribution in [3.05, 3.63) is 29.8 Å². The first-order valence-corrected chi connectivity index (χ1v) is 8.62. The summed E-state index contributed by atoms with van der Waals surface area (Å²) in [5.41, 5.74) is 1.05. The van der Waals surface area contributed by atoms with E-state index in [1.165, 1.54) is 0 Å². The van der Waals surface area contributed by atoms with Gasteiger partial charge in [-0.3, -0.25) is 0 Å². The Morgan fingerprint density at radius 3 is 3.00 bits per heavy atom. The van der Waals surface area contributed by atoms with Gasteiger partial charge in [0.05, 0.1) is 30.7 Å². The number of sulfone groups is 1. The zero-order valence-corrected chi connectivity index (χ0v) is 12.7. The molecule has 1 N–H and O–H groups in total. The second kappa shape index (κ2) is 4.89. The highest BCUT2D eigenvalue weighted by atomic mass is 32.2. The lowest BCUT2D eigenvalue weighted by Crippen LogP contribution is -2.36. The summed E-state index contributed by atoms with van der Waals surface area (Å²) in [4.78, 5) is 1.97. The van der Waals surface area contributed by atoms with Gasteiger partial charge in [0.15, 0.2) is 14.9 Å². The van der Waals surface area contributed by atoms with Crippen molar-refractivity contribution < 1.29 is 13.2 Å². The third kappa shape index (κ3) is 2.47. The van der Waals surface area contributed by atoms with Gasteiger partial charge in [0.25, 0.3) is 0 Å². The Balaban J connectivity index is 1.81. The summed E-state index contributed by atoms with van der Waals surface area (Å²) in [6.07, 6.45) is 0. The van der Waals surface area contributed by atoms with Crippen LogP contribution >= 0.6 is 12.2 Å². The van der Waals surface area contributed by atoms with E-state index in [1.54, 1.807) is 7.11 Å². The smallest absolute Gasteiger partial charge is 0.169 e. The van der Waals surface area contributed by atoms with Gasteiger partial charge in [-0.2, -0.15) is 0 Å². The normalized spacial score (nSPS) is 27.2. The average Bonchev–Trinajstić information content (AvgIpc) is 2.83. The number of methoxy groups -OCH3 is 1. The molecule has 0 aliphatic carbocycles. The minimum Gasteiger partial charge on any atom is -0.497 e. The first kappa shape index (κ1) is 13.6. The van der Waals surface area contributed by atoms with Crippen LogP contribution in [0.15, 0.2) is 24.3 Å². The van der Waals surface area contributed by atoms with E-state index in [4.69, 9.17) is 17.0 Å². The van der Waals surface area contributed by atoms with Crippen LogP contribution in [-0.4, -0.2) is 49.1 Å². The zero-order chi connectivity index (χ0) is 14.3. The molecule has 3 rings (SSSR count). The molecule has 7 heteroatoms. The summed E-state index contributed by atoms with van der Waals surface area (Å²) in [5, 5.41) is 3.75. The highest BCUT2D eigenvalue weighted by molar-refractivity contribution is 7.91. The molecule has 2 heterocycles.